The molecule has 3 aromatic carbocycles. The highest BCUT2D eigenvalue weighted by molar-refractivity contribution is 7.99. The molecule has 3 aromatic rings. The summed E-state index contributed by atoms with van der Waals surface area (Å²) in [6, 6.07) is 26.8. The molecule has 1 fully saturated rings. The van der Waals surface area contributed by atoms with E-state index in [1.54, 1.807) is 18.9 Å². The molecule has 0 bridgehead atoms. The van der Waals surface area contributed by atoms with Crippen LogP contribution in [0.25, 0.3) is 0 Å². The molecule has 1 amide bonds. The van der Waals surface area contributed by atoms with E-state index in [1.807, 2.05) is 47.4 Å². The molecule has 1 heterocycles. The summed E-state index contributed by atoms with van der Waals surface area (Å²) in [4.78, 5) is 16.3. The van der Waals surface area contributed by atoms with Gasteiger partial charge >= 0.3 is 0 Å². The molecule has 0 N–H and O–H groups in total. The van der Waals surface area contributed by atoms with E-state index in [1.165, 1.54) is 16.0 Å². The Morgan fingerprint density at radius 3 is 2.13 bits per heavy atom. The number of thioether (sulfide) groups is 1. The Labute approximate surface area is 189 Å². The molecule has 1 aliphatic heterocycles. The minimum Gasteiger partial charge on any atom is -0.497 e. The predicted octanol–water partition coefficient (Wildman–Crippen LogP) is 6.49. The molecular weight excluding hydrogens is 402 g/mol. The van der Waals surface area contributed by atoms with Gasteiger partial charge in [0, 0.05) is 16.3 Å². The molecule has 0 aromatic heterocycles. The molecule has 4 rings (SSSR count). The van der Waals surface area contributed by atoms with Gasteiger partial charge in [0.25, 0.3) is 0 Å². The molecule has 1 saturated heterocycles. The van der Waals surface area contributed by atoms with Gasteiger partial charge in [-0.1, -0.05) is 63.2 Å². The van der Waals surface area contributed by atoms with Gasteiger partial charge in [0.2, 0.25) is 5.91 Å². The molecule has 0 radical (unpaired) electrons. The number of rotatable bonds is 6. The van der Waals surface area contributed by atoms with Crippen LogP contribution in [0.1, 0.15) is 37.9 Å². The van der Waals surface area contributed by atoms with Gasteiger partial charge < -0.3 is 9.64 Å². The lowest BCUT2D eigenvalue weighted by molar-refractivity contribution is -0.129. The van der Waals surface area contributed by atoms with Gasteiger partial charge in [0.1, 0.15) is 5.75 Å². The van der Waals surface area contributed by atoms with Gasteiger partial charge in [-0.05, 0) is 52.9 Å². The van der Waals surface area contributed by atoms with Gasteiger partial charge in [0.15, 0.2) is 0 Å². The Morgan fingerprint density at radius 2 is 1.55 bits per heavy atom. The van der Waals surface area contributed by atoms with Crippen LogP contribution in [-0.2, 0) is 10.2 Å². The Balaban J connectivity index is 1.53. The van der Waals surface area contributed by atoms with Gasteiger partial charge in [-0.2, -0.15) is 0 Å². The molecule has 31 heavy (non-hydrogen) atoms. The molecule has 4 heteroatoms. The average Bonchev–Trinajstić information content (AvgIpc) is 2.78. The maximum atomic E-state index is 13.2. The zero-order chi connectivity index (χ0) is 22.0. The third-order valence-corrected chi connectivity index (χ3v) is 6.99. The molecule has 3 nitrogen and oxygen atoms in total. The number of benzene rings is 3. The zero-order valence-corrected chi connectivity index (χ0v) is 19.4. The van der Waals surface area contributed by atoms with E-state index in [9.17, 15) is 4.79 Å². The molecule has 0 aliphatic carbocycles. The summed E-state index contributed by atoms with van der Waals surface area (Å²) in [6.45, 7) is 6.67. The number of hydrogen-bond acceptors (Lipinski definition) is 3. The number of amides is 1. The summed E-state index contributed by atoms with van der Waals surface area (Å²) in [5.41, 5.74) is 3.55. The van der Waals surface area contributed by atoms with Gasteiger partial charge in [-0.3, -0.25) is 4.79 Å². The van der Waals surface area contributed by atoms with Crippen LogP contribution in [0.3, 0.4) is 0 Å². The van der Waals surface area contributed by atoms with Crippen molar-refractivity contribution in [3.05, 3.63) is 90.0 Å². The summed E-state index contributed by atoms with van der Waals surface area (Å²) < 4.78 is 5.27. The quantitative estimate of drug-likeness (QED) is 0.330. The summed E-state index contributed by atoms with van der Waals surface area (Å²) in [6.07, 6.45) is 0. The topological polar surface area (TPSA) is 29.5 Å². The molecule has 0 saturated carbocycles. The standard InChI is InChI=1S/C27H29NO2S/c1-27(2,3)20-10-16-23(17-11-20)31-18-24-25(19-8-6-5-7-9-19)28(26(24)29)21-12-14-22(30-4)15-13-21/h5-17,24-25H,18H2,1-4H3/t24-,25-/m1/s1. The smallest absolute Gasteiger partial charge is 0.233 e. The Kier molecular flexibility index (Phi) is 6.10. The second-order valence-electron chi connectivity index (χ2n) is 8.95. The number of β-lactam (4-membered cyclic amide) rings is 1. The van der Waals surface area contributed by atoms with Crippen LogP contribution < -0.4 is 9.64 Å². The van der Waals surface area contributed by atoms with E-state index in [-0.39, 0.29) is 23.3 Å². The molecule has 1 aliphatic rings. The number of nitrogens with zero attached hydrogens (tertiary/aromatic N) is 1. The molecule has 0 spiro atoms. The minimum atomic E-state index is -0.0446. The van der Waals surface area contributed by atoms with Crippen molar-refractivity contribution in [1.29, 1.82) is 0 Å². The molecule has 0 unspecified atom stereocenters. The van der Waals surface area contributed by atoms with Crippen LogP contribution in [0.4, 0.5) is 5.69 Å². The number of anilines is 1. The highest BCUT2D eigenvalue weighted by Gasteiger charge is 2.48. The SMILES string of the molecule is COc1ccc(N2C(=O)[C@H](CSc3ccc(C(C)(C)C)cc3)[C@H]2c2ccccc2)cc1. The average molecular weight is 432 g/mol. The van der Waals surface area contributed by atoms with E-state index >= 15 is 0 Å². The Hall–Kier alpha value is -2.72. The van der Waals surface area contributed by atoms with Crippen molar-refractivity contribution in [2.45, 2.75) is 37.1 Å². The van der Waals surface area contributed by atoms with Crippen molar-refractivity contribution < 1.29 is 9.53 Å². The fourth-order valence-electron chi connectivity index (χ4n) is 4.01. The zero-order valence-electron chi connectivity index (χ0n) is 18.5. The predicted molar refractivity (Wildman–Crippen MR) is 129 cm³/mol. The van der Waals surface area contributed by atoms with E-state index in [4.69, 9.17) is 4.74 Å². The molecule has 160 valence electrons. The van der Waals surface area contributed by atoms with Gasteiger partial charge in [0.05, 0.1) is 19.1 Å². The van der Waals surface area contributed by atoms with Crippen LogP contribution in [0, 0.1) is 5.92 Å². The van der Waals surface area contributed by atoms with Crippen molar-refractivity contribution in [3.63, 3.8) is 0 Å². The Morgan fingerprint density at radius 1 is 0.903 bits per heavy atom. The number of methoxy groups -OCH3 is 1. The van der Waals surface area contributed by atoms with Gasteiger partial charge in [-0.15, -0.1) is 11.8 Å². The third-order valence-electron chi connectivity index (χ3n) is 5.86. The highest BCUT2D eigenvalue weighted by Crippen LogP contribution is 2.45. The van der Waals surface area contributed by atoms with E-state index in [0.29, 0.717) is 0 Å². The first-order valence-electron chi connectivity index (χ1n) is 10.6. The maximum Gasteiger partial charge on any atom is 0.233 e. The maximum absolute atomic E-state index is 13.2. The van der Waals surface area contributed by atoms with Crippen LogP contribution >= 0.6 is 11.8 Å². The minimum absolute atomic E-state index is 0.0446. The fraction of sp³-hybridized carbons (Fsp3) is 0.296. The van der Waals surface area contributed by atoms with E-state index < -0.39 is 0 Å². The third kappa shape index (κ3) is 4.49. The van der Waals surface area contributed by atoms with Crippen molar-refractivity contribution >= 4 is 23.4 Å². The first-order chi connectivity index (χ1) is 14.9. The largest absolute Gasteiger partial charge is 0.497 e. The van der Waals surface area contributed by atoms with Crippen molar-refractivity contribution in [2.75, 3.05) is 17.8 Å². The van der Waals surface area contributed by atoms with Crippen molar-refractivity contribution in [1.82, 2.24) is 0 Å². The van der Waals surface area contributed by atoms with Crippen molar-refractivity contribution in [2.24, 2.45) is 5.92 Å². The van der Waals surface area contributed by atoms with E-state index in [0.717, 1.165) is 17.2 Å². The number of ether oxygens (including phenoxy) is 1. The van der Waals surface area contributed by atoms with Crippen molar-refractivity contribution in [3.8, 4) is 5.75 Å². The monoisotopic (exact) mass is 431 g/mol. The lowest BCUT2D eigenvalue weighted by Crippen LogP contribution is -2.56. The normalized spacial score (nSPS) is 18.6. The summed E-state index contributed by atoms with van der Waals surface area (Å²) in [5, 5.41) is 0. The fourth-order valence-corrected chi connectivity index (χ4v) is 5.04. The molecule has 2 atom stereocenters. The number of carbonyl (C=O) groups excluding carboxylic acids is 1. The van der Waals surface area contributed by atoms with Crippen LogP contribution in [0.2, 0.25) is 0 Å². The van der Waals surface area contributed by atoms with E-state index in [2.05, 4.69) is 57.2 Å². The highest BCUT2D eigenvalue weighted by atomic mass is 32.2. The van der Waals surface area contributed by atoms with Crippen LogP contribution in [0.15, 0.2) is 83.8 Å². The summed E-state index contributed by atoms with van der Waals surface area (Å²) in [7, 11) is 1.65. The summed E-state index contributed by atoms with van der Waals surface area (Å²) in [5.74, 6) is 1.69. The lowest BCUT2D eigenvalue weighted by atomic mass is 9.83. The van der Waals surface area contributed by atoms with Gasteiger partial charge in [-0.25, -0.2) is 0 Å². The first kappa shape index (κ1) is 21.5. The second kappa shape index (κ2) is 8.80. The number of hydrogen-bond donors (Lipinski definition) is 0. The lowest BCUT2D eigenvalue weighted by Gasteiger charge is -2.47. The number of carbonyl (C=O) groups is 1. The van der Waals surface area contributed by atoms with Crippen LogP contribution in [0.5, 0.6) is 5.75 Å². The Bertz CT molecular complexity index is 1020. The first-order valence-corrected chi connectivity index (χ1v) is 11.6. The second-order valence-corrected chi connectivity index (χ2v) is 10.0. The summed E-state index contributed by atoms with van der Waals surface area (Å²) >= 11 is 1.76. The van der Waals surface area contributed by atoms with Crippen LogP contribution in [-0.4, -0.2) is 18.8 Å². The molecular formula is C27H29NO2S.